The van der Waals surface area contributed by atoms with Gasteiger partial charge in [0.1, 0.15) is 17.0 Å². The van der Waals surface area contributed by atoms with Gasteiger partial charge in [0.05, 0.1) is 6.04 Å². The van der Waals surface area contributed by atoms with Gasteiger partial charge < -0.3 is 4.90 Å². The van der Waals surface area contributed by atoms with E-state index >= 15 is 0 Å². The summed E-state index contributed by atoms with van der Waals surface area (Å²) in [6, 6.07) is 5.19. The number of amides is 1. The zero-order chi connectivity index (χ0) is 17.6. The van der Waals surface area contributed by atoms with Crippen molar-refractivity contribution in [1.29, 1.82) is 0 Å². The molecule has 1 aliphatic rings. The van der Waals surface area contributed by atoms with E-state index in [1.54, 1.807) is 11.0 Å². The van der Waals surface area contributed by atoms with Crippen LogP contribution in [0.2, 0.25) is 0 Å². The summed E-state index contributed by atoms with van der Waals surface area (Å²) in [6.07, 6.45) is 3.01. The molecule has 128 valence electrons. The Morgan fingerprint density at radius 3 is 2.92 bits per heavy atom. The topological polar surface area (TPSA) is 96.2 Å². The predicted molar refractivity (Wildman–Crippen MR) is 90.3 cm³/mol. The largest absolute Gasteiger partial charge is 0.328 e. The molecule has 1 aliphatic heterocycles. The summed E-state index contributed by atoms with van der Waals surface area (Å²) in [4.78, 5) is 36.1. The molecule has 0 bridgehead atoms. The van der Waals surface area contributed by atoms with Crippen LogP contribution in [0.15, 0.2) is 29.2 Å². The van der Waals surface area contributed by atoms with Crippen molar-refractivity contribution in [3.8, 4) is 0 Å². The number of likely N-dealkylation sites (tertiary alicyclic amines) is 1. The van der Waals surface area contributed by atoms with E-state index in [0.29, 0.717) is 23.8 Å². The molecule has 8 heteroatoms. The number of hydrogen-bond donors (Lipinski definition) is 1. The van der Waals surface area contributed by atoms with E-state index in [4.69, 9.17) is 0 Å². The van der Waals surface area contributed by atoms with Crippen LogP contribution in [-0.4, -0.2) is 41.9 Å². The third-order valence-corrected chi connectivity index (χ3v) is 4.58. The van der Waals surface area contributed by atoms with Crippen LogP contribution in [0.5, 0.6) is 0 Å². The van der Waals surface area contributed by atoms with Gasteiger partial charge >= 0.3 is 0 Å². The number of carbonyl (C=O) groups excluding carboxylic acids is 1. The number of nitrogens with one attached hydrogen (secondary N) is 1. The van der Waals surface area contributed by atoms with E-state index < -0.39 is 0 Å². The first-order valence-corrected chi connectivity index (χ1v) is 8.23. The Bertz CT molecular complexity index is 1020. The first-order valence-electron chi connectivity index (χ1n) is 8.23. The first kappa shape index (κ1) is 15.5. The van der Waals surface area contributed by atoms with E-state index in [0.717, 1.165) is 18.5 Å². The van der Waals surface area contributed by atoms with Gasteiger partial charge in [-0.3, -0.25) is 19.1 Å². The maximum Gasteiger partial charge on any atom is 0.270 e. The Hall–Kier alpha value is -3.03. The molecule has 0 aromatic carbocycles. The van der Waals surface area contributed by atoms with Gasteiger partial charge in [0.2, 0.25) is 0 Å². The third-order valence-electron chi connectivity index (χ3n) is 4.58. The minimum Gasteiger partial charge on any atom is -0.328 e. The predicted octanol–water partition coefficient (Wildman–Crippen LogP) is 1.41. The number of aryl methyl sites for hydroxylation is 2. The average Bonchev–Trinajstić information content (AvgIpc) is 3.23. The molecular formula is C17H18N6O2. The number of carbonyl (C=O) groups is 1. The van der Waals surface area contributed by atoms with Crippen LogP contribution in [0, 0.1) is 13.8 Å². The van der Waals surface area contributed by atoms with Gasteiger partial charge in [-0.15, -0.1) is 0 Å². The average molecular weight is 338 g/mol. The smallest absolute Gasteiger partial charge is 0.270 e. The van der Waals surface area contributed by atoms with Crippen LogP contribution in [0.4, 0.5) is 0 Å². The summed E-state index contributed by atoms with van der Waals surface area (Å²) in [5.41, 5.74) is 1.01. The van der Waals surface area contributed by atoms with E-state index in [9.17, 15) is 9.59 Å². The number of fused-ring (bicyclic) bond motifs is 1. The Kier molecular flexibility index (Phi) is 3.60. The van der Waals surface area contributed by atoms with Crippen molar-refractivity contribution in [3.05, 3.63) is 57.7 Å². The highest BCUT2D eigenvalue weighted by Crippen LogP contribution is 2.30. The lowest BCUT2D eigenvalue weighted by Crippen LogP contribution is -2.36. The number of aromatic amines is 1. The van der Waals surface area contributed by atoms with Crippen LogP contribution in [0.1, 0.15) is 46.6 Å². The van der Waals surface area contributed by atoms with Gasteiger partial charge in [-0.25, -0.2) is 9.97 Å². The molecule has 1 fully saturated rings. The fourth-order valence-corrected chi connectivity index (χ4v) is 3.36. The van der Waals surface area contributed by atoms with Crippen molar-refractivity contribution in [2.75, 3.05) is 6.54 Å². The van der Waals surface area contributed by atoms with Crippen LogP contribution in [0.3, 0.4) is 0 Å². The van der Waals surface area contributed by atoms with Crippen molar-refractivity contribution in [2.45, 2.75) is 32.7 Å². The number of rotatable bonds is 2. The second-order valence-electron chi connectivity index (χ2n) is 6.27. The monoisotopic (exact) mass is 338 g/mol. The summed E-state index contributed by atoms with van der Waals surface area (Å²) < 4.78 is 1.47. The SMILES string of the molecule is Cc1nc([C@@H]2CCCN2C(=O)c2cnc3cccc(C)n3c2=O)n[nH]1. The summed E-state index contributed by atoms with van der Waals surface area (Å²) in [5, 5.41) is 6.99. The van der Waals surface area contributed by atoms with Crippen LogP contribution in [0.25, 0.3) is 5.65 Å². The molecule has 25 heavy (non-hydrogen) atoms. The Labute approximate surface area is 143 Å². The maximum atomic E-state index is 13.0. The number of hydrogen-bond acceptors (Lipinski definition) is 5. The zero-order valence-corrected chi connectivity index (χ0v) is 14.1. The summed E-state index contributed by atoms with van der Waals surface area (Å²) >= 11 is 0. The third kappa shape index (κ3) is 2.50. The molecular weight excluding hydrogens is 320 g/mol. The van der Waals surface area contributed by atoms with E-state index in [1.807, 2.05) is 26.0 Å². The fourth-order valence-electron chi connectivity index (χ4n) is 3.36. The van der Waals surface area contributed by atoms with E-state index in [-0.39, 0.29) is 23.1 Å². The van der Waals surface area contributed by atoms with Gasteiger partial charge in [0.25, 0.3) is 11.5 Å². The quantitative estimate of drug-likeness (QED) is 0.762. The highest BCUT2D eigenvalue weighted by atomic mass is 16.2. The van der Waals surface area contributed by atoms with Crippen LogP contribution < -0.4 is 5.56 Å². The van der Waals surface area contributed by atoms with Crippen molar-refractivity contribution in [3.63, 3.8) is 0 Å². The van der Waals surface area contributed by atoms with Crippen LogP contribution >= 0.6 is 0 Å². The van der Waals surface area contributed by atoms with Crippen molar-refractivity contribution < 1.29 is 4.79 Å². The van der Waals surface area contributed by atoms with Crippen molar-refractivity contribution >= 4 is 11.6 Å². The molecule has 0 spiro atoms. The van der Waals surface area contributed by atoms with Gasteiger partial charge in [-0.2, -0.15) is 5.10 Å². The first-order chi connectivity index (χ1) is 12.1. The standard InChI is InChI=1S/C17H18N6O2/c1-10-5-3-7-14-18-9-12(17(25)23(10)14)16(24)22-8-4-6-13(22)15-19-11(2)20-21-15/h3,5,7,9,13H,4,6,8H2,1-2H3,(H,19,20,21)/t13-/m0/s1. The molecule has 3 aromatic rings. The second kappa shape index (κ2) is 5.80. The Morgan fingerprint density at radius 2 is 2.16 bits per heavy atom. The summed E-state index contributed by atoms with van der Waals surface area (Å²) in [7, 11) is 0. The zero-order valence-electron chi connectivity index (χ0n) is 14.1. The van der Waals surface area contributed by atoms with Gasteiger partial charge in [-0.1, -0.05) is 6.07 Å². The molecule has 4 heterocycles. The molecule has 1 saturated heterocycles. The summed E-state index contributed by atoms with van der Waals surface area (Å²) in [5.74, 6) is 0.978. The van der Waals surface area contributed by atoms with Gasteiger partial charge in [-0.05, 0) is 38.8 Å². The fraction of sp³-hybridized carbons (Fsp3) is 0.353. The number of nitrogens with zero attached hydrogens (tertiary/aromatic N) is 5. The second-order valence-corrected chi connectivity index (χ2v) is 6.27. The number of pyridine rings is 1. The molecule has 1 amide bonds. The summed E-state index contributed by atoms with van der Waals surface area (Å²) in [6.45, 7) is 4.21. The minimum atomic E-state index is -0.343. The number of aromatic nitrogens is 5. The lowest BCUT2D eigenvalue weighted by Gasteiger charge is -2.22. The van der Waals surface area contributed by atoms with Crippen LogP contribution in [-0.2, 0) is 0 Å². The van der Waals surface area contributed by atoms with Gasteiger partial charge in [0.15, 0.2) is 5.82 Å². The Balaban J connectivity index is 1.76. The van der Waals surface area contributed by atoms with Crippen molar-refractivity contribution in [2.24, 2.45) is 0 Å². The molecule has 8 nitrogen and oxygen atoms in total. The lowest BCUT2D eigenvalue weighted by atomic mass is 10.2. The Morgan fingerprint density at radius 1 is 1.32 bits per heavy atom. The van der Waals surface area contributed by atoms with Gasteiger partial charge in [0, 0.05) is 18.4 Å². The molecule has 1 atom stereocenters. The van der Waals surface area contributed by atoms with Crippen molar-refractivity contribution in [1.82, 2.24) is 29.5 Å². The van der Waals surface area contributed by atoms with E-state index in [2.05, 4.69) is 20.2 Å². The minimum absolute atomic E-state index is 0.0750. The molecule has 0 aliphatic carbocycles. The lowest BCUT2D eigenvalue weighted by molar-refractivity contribution is 0.0727. The molecule has 0 radical (unpaired) electrons. The molecule has 1 N–H and O–H groups in total. The maximum absolute atomic E-state index is 13.0. The number of H-pyrrole nitrogens is 1. The molecule has 0 unspecified atom stereocenters. The highest BCUT2D eigenvalue weighted by molar-refractivity contribution is 5.94. The normalized spacial score (nSPS) is 17.4. The molecule has 3 aromatic heterocycles. The molecule has 0 saturated carbocycles. The molecule has 4 rings (SSSR count). The van der Waals surface area contributed by atoms with E-state index in [1.165, 1.54) is 10.6 Å². The highest BCUT2D eigenvalue weighted by Gasteiger charge is 2.34.